The third-order valence-electron chi connectivity index (χ3n) is 3.73. The Morgan fingerprint density at radius 2 is 2.05 bits per heavy atom. The Morgan fingerprint density at radius 3 is 2.68 bits per heavy atom. The molecule has 1 aromatic carbocycles. The number of nitrogens with zero attached hydrogens (tertiary/aromatic N) is 1. The molecule has 1 amide bonds. The minimum atomic E-state index is 0.0134. The van der Waals surface area contributed by atoms with Crippen LogP contribution < -0.4 is 4.74 Å². The molecule has 0 radical (unpaired) electrons. The van der Waals surface area contributed by atoms with Gasteiger partial charge in [-0.1, -0.05) is 31.0 Å². The summed E-state index contributed by atoms with van der Waals surface area (Å²) in [7, 11) is 1.65. The largest absolute Gasteiger partial charge is 0.496 e. The van der Waals surface area contributed by atoms with Crippen molar-refractivity contribution in [2.45, 2.75) is 38.3 Å². The number of carbonyl (C=O) groups excluding carboxylic acids is 1. The Balaban J connectivity index is 2.17. The molecule has 0 N–H and O–H groups in total. The highest BCUT2D eigenvalue weighted by Gasteiger charge is 2.26. The van der Waals surface area contributed by atoms with Gasteiger partial charge in [-0.15, -0.1) is 11.6 Å². The van der Waals surface area contributed by atoms with Crippen LogP contribution >= 0.6 is 11.6 Å². The number of hydrogen-bond acceptors (Lipinski definition) is 2. The summed E-state index contributed by atoms with van der Waals surface area (Å²) in [6.45, 7) is 0.584. The predicted octanol–water partition coefficient (Wildman–Crippen LogP) is 3.21. The minimum absolute atomic E-state index is 0.0134. The first-order valence-corrected chi connectivity index (χ1v) is 7.27. The van der Waals surface area contributed by atoms with E-state index in [2.05, 4.69) is 0 Å². The van der Waals surface area contributed by atoms with Gasteiger partial charge in [-0.05, 0) is 18.9 Å². The van der Waals surface area contributed by atoms with Gasteiger partial charge in [0.15, 0.2) is 0 Å². The van der Waals surface area contributed by atoms with Crippen LogP contribution in [0.4, 0.5) is 0 Å². The van der Waals surface area contributed by atoms with Gasteiger partial charge in [0.25, 0.3) is 0 Å². The zero-order chi connectivity index (χ0) is 13.7. The number of para-hydroxylation sites is 1. The molecule has 2 rings (SSSR count). The number of ether oxygens (including phenoxy) is 1. The fraction of sp³-hybridized carbons (Fsp3) is 0.533. The second kappa shape index (κ2) is 6.80. The molecule has 0 atom stereocenters. The normalized spacial score (nSPS) is 15.5. The highest BCUT2D eigenvalue weighted by Crippen LogP contribution is 2.27. The van der Waals surface area contributed by atoms with Crippen LogP contribution in [-0.4, -0.2) is 29.8 Å². The van der Waals surface area contributed by atoms with E-state index in [9.17, 15) is 4.79 Å². The number of rotatable bonds is 5. The van der Waals surface area contributed by atoms with Crippen molar-refractivity contribution in [3.63, 3.8) is 0 Å². The van der Waals surface area contributed by atoms with Crippen molar-refractivity contribution in [2.24, 2.45) is 0 Å². The Bertz CT molecular complexity index is 430. The van der Waals surface area contributed by atoms with Crippen LogP contribution in [0.25, 0.3) is 0 Å². The van der Waals surface area contributed by atoms with Gasteiger partial charge in [0, 0.05) is 18.2 Å². The summed E-state index contributed by atoms with van der Waals surface area (Å²) in [4.78, 5) is 14.0. The van der Waals surface area contributed by atoms with Crippen LogP contribution in [0.5, 0.6) is 5.75 Å². The lowest BCUT2D eigenvalue weighted by Gasteiger charge is -2.29. The molecule has 0 saturated heterocycles. The van der Waals surface area contributed by atoms with Crippen molar-refractivity contribution >= 4 is 17.5 Å². The number of halogens is 1. The van der Waals surface area contributed by atoms with Crippen LogP contribution in [0.15, 0.2) is 24.3 Å². The van der Waals surface area contributed by atoms with Gasteiger partial charge < -0.3 is 9.64 Å². The molecule has 0 unspecified atom stereocenters. The second-order valence-corrected chi connectivity index (χ2v) is 5.17. The maximum Gasteiger partial charge on any atom is 0.238 e. The van der Waals surface area contributed by atoms with Crippen LogP contribution in [0, 0.1) is 0 Å². The number of carbonyl (C=O) groups is 1. The molecule has 1 aliphatic rings. The van der Waals surface area contributed by atoms with E-state index in [0.29, 0.717) is 12.6 Å². The Kier molecular flexibility index (Phi) is 5.08. The SMILES string of the molecule is COc1ccccc1CN(C(=O)CCl)C1CCCC1. The summed E-state index contributed by atoms with van der Waals surface area (Å²) in [5.74, 6) is 0.887. The maximum absolute atomic E-state index is 12.1. The van der Waals surface area contributed by atoms with Gasteiger partial charge in [-0.3, -0.25) is 4.79 Å². The van der Waals surface area contributed by atoms with Crippen molar-refractivity contribution in [1.82, 2.24) is 4.90 Å². The molecule has 1 saturated carbocycles. The summed E-state index contributed by atoms with van der Waals surface area (Å²) < 4.78 is 5.35. The lowest BCUT2D eigenvalue weighted by Crippen LogP contribution is -2.39. The van der Waals surface area contributed by atoms with Crippen molar-refractivity contribution in [3.8, 4) is 5.75 Å². The van der Waals surface area contributed by atoms with Crippen molar-refractivity contribution < 1.29 is 9.53 Å². The quantitative estimate of drug-likeness (QED) is 0.776. The molecule has 0 heterocycles. The first-order chi connectivity index (χ1) is 9.26. The van der Waals surface area contributed by atoms with Gasteiger partial charge in [-0.2, -0.15) is 0 Å². The summed E-state index contributed by atoms with van der Waals surface area (Å²) in [5.41, 5.74) is 1.04. The van der Waals surface area contributed by atoms with Gasteiger partial charge >= 0.3 is 0 Å². The topological polar surface area (TPSA) is 29.5 Å². The number of benzene rings is 1. The first-order valence-electron chi connectivity index (χ1n) is 6.73. The van der Waals surface area contributed by atoms with Gasteiger partial charge in [0.2, 0.25) is 5.91 Å². The summed E-state index contributed by atoms with van der Waals surface area (Å²) in [6, 6.07) is 8.16. The molecule has 1 aliphatic carbocycles. The lowest BCUT2D eigenvalue weighted by atomic mass is 10.1. The van der Waals surface area contributed by atoms with Crippen LogP contribution in [-0.2, 0) is 11.3 Å². The zero-order valence-corrected chi connectivity index (χ0v) is 12.0. The number of alkyl halides is 1. The van der Waals surface area contributed by atoms with E-state index in [1.165, 1.54) is 12.8 Å². The van der Waals surface area contributed by atoms with Crippen LogP contribution in [0.1, 0.15) is 31.2 Å². The molecule has 0 aromatic heterocycles. The molecular formula is C15H20ClNO2. The maximum atomic E-state index is 12.1. The van der Waals surface area contributed by atoms with Gasteiger partial charge in [0.05, 0.1) is 7.11 Å². The van der Waals surface area contributed by atoms with Crippen molar-refractivity contribution in [1.29, 1.82) is 0 Å². The fourth-order valence-electron chi connectivity index (χ4n) is 2.73. The van der Waals surface area contributed by atoms with Crippen LogP contribution in [0.2, 0.25) is 0 Å². The molecule has 0 aliphatic heterocycles. The molecular weight excluding hydrogens is 262 g/mol. The number of hydrogen-bond donors (Lipinski definition) is 0. The third-order valence-corrected chi connectivity index (χ3v) is 3.96. The van der Waals surface area contributed by atoms with E-state index in [-0.39, 0.29) is 11.8 Å². The van der Waals surface area contributed by atoms with E-state index in [4.69, 9.17) is 16.3 Å². The van der Waals surface area contributed by atoms with Gasteiger partial charge in [-0.25, -0.2) is 0 Å². The average Bonchev–Trinajstić information content (AvgIpc) is 2.98. The molecule has 4 heteroatoms. The molecule has 104 valence electrons. The van der Waals surface area contributed by atoms with E-state index in [0.717, 1.165) is 24.2 Å². The van der Waals surface area contributed by atoms with Crippen molar-refractivity contribution in [2.75, 3.05) is 13.0 Å². The van der Waals surface area contributed by atoms with Crippen molar-refractivity contribution in [3.05, 3.63) is 29.8 Å². The summed E-state index contributed by atoms with van der Waals surface area (Å²) >= 11 is 5.74. The summed E-state index contributed by atoms with van der Waals surface area (Å²) in [6.07, 6.45) is 4.56. The summed E-state index contributed by atoms with van der Waals surface area (Å²) in [5, 5.41) is 0. The molecule has 0 spiro atoms. The molecule has 1 fully saturated rings. The average molecular weight is 282 g/mol. The monoisotopic (exact) mass is 281 g/mol. The predicted molar refractivity (Wildman–Crippen MR) is 76.5 cm³/mol. The highest BCUT2D eigenvalue weighted by atomic mass is 35.5. The lowest BCUT2D eigenvalue weighted by molar-refractivity contribution is -0.131. The number of methoxy groups -OCH3 is 1. The molecule has 19 heavy (non-hydrogen) atoms. The molecule has 1 aromatic rings. The second-order valence-electron chi connectivity index (χ2n) is 4.91. The standard InChI is InChI=1S/C15H20ClNO2/c1-19-14-9-5-2-6-12(14)11-17(15(18)10-16)13-7-3-4-8-13/h2,5-6,9,13H,3-4,7-8,10-11H2,1H3. The highest BCUT2D eigenvalue weighted by molar-refractivity contribution is 6.27. The molecule has 0 bridgehead atoms. The van der Waals surface area contributed by atoms with E-state index in [1.807, 2.05) is 29.2 Å². The van der Waals surface area contributed by atoms with E-state index < -0.39 is 0 Å². The fourth-order valence-corrected chi connectivity index (χ4v) is 2.88. The molecule has 3 nitrogen and oxygen atoms in total. The zero-order valence-electron chi connectivity index (χ0n) is 11.3. The van der Waals surface area contributed by atoms with E-state index in [1.54, 1.807) is 7.11 Å². The van der Waals surface area contributed by atoms with Crippen LogP contribution in [0.3, 0.4) is 0 Å². The van der Waals surface area contributed by atoms with Gasteiger partial charge in [0.1, 0.15) is 11.6 Å². The van der Waals surface area contributed by atoms with E-state index >= 15 is 0 Å². The number of amides is 1. The Hall–Kier alpha value is -1.22. The Labute approximate surface area is 119 Å². The smallest absolute Gasteiger partial charge is 0.238 e. The minimum Gasteiger partial charge on any atom is -0.496 e. The Morgan fingerprint density at radius 1 is 1.37 bits per heavy atom. The first kappa shape index (κ1) is 14.2. The third kappa shape index (κ3) is 3.41.